The Bertz CT molecular complexity index is 646. The van der Waals surface area contributed by atoms with Crippen LogP contribution in [0.1, 0.15) is 32.1 Å². The highest BCUT2D eigenvalue weighted by Crippen LogP contribution is 2.44. The maximum absolute atomic E-state index is 14.1. The van der Waals surface area contributed by atoms with Crippen molar-refractivity contribution in [1.82, 2.24) is 0 Å². The number of carbonyl (C=O) groups excluding carboxylic acids is 1. The highest BCUT2D eigenvalue weighted by atomic mass is 19.1. The number of nitro benzene ring substituents is 1. The molecular weight excluding hydrogens is 293 g/mol. The smallest absolute Gasteiger partial charge is 0.371 e. The highest BCUT2D eigenvalue weighted by Gasteiger charge is 2.51. The Labute approximate surface area is 125 Å². The number of non-ortho nitro benzene ring substituents is 1. The van der Waals surface area contributed by atoms with Crippen LogP contribution in [-0.4, -0.2) is 16.5 Å². The molecule has 0 saturated heterocycles. The van der Waals surface area contributed by atoms with E-state index >= 15 is 0 Å². The summed E-state index contributed by atoms with van der Waals surface area (Å²) in [7, 11) is 0. The van der Waals surface area contributed by atoms with Crippen LogP contribution in [0, 0.1) is 10.1 Å². The zero-order valence-corrected chi connectivity index (χ0v) is 11.7. The monoisotopic (exact) mass is 307 g/mol. The number of halogens is 1. The maximum Gasteiger partial charge on any atom is 0.371 e. The van der Waals surface area contributed by atoms with Gasteiger partial charge < -0.3 is 9.47 Å². The number of nitrogens with zero attached hydrogens (tertiary/aromatic N) is 1. The Hall–Kier alpha value is -2.44. The number of hydrogen-bond acceptors (Lipinski definition) is 5. The molecule has 0 amide bonds. The van der Waals surface area contributed by atoms with E-state index in [1.807, 2.05) is 0 Å². The van der Waals surface area contributed by atoms with Crippen LogP contribution >= 0.6 is 0 Å². The Morgan fingerprint density at radius 2 is 1.82 bits per heavy atom. The predicted molar refractivity (Wildman–Crippen MR) is 73.8 cm³/mol. The summed E-state index contributed by atoms with van der Waals surface area (Å²) >= 11 is 0. The summed E-state index contributed by atoms with van der Waals surface area (Å²) in [6.07, 6.45) is 3.70. The van der Waals surface area contributed by atoms with Gasteiger partial charge in [-0.25, -0.2) is 4.79 Å². The van der Waals surface area contributed by atoms with E-state index in [4.69, 9.17) is 9.47 Å². The standard InChI is InChI=1S/C15H14FNO5/c16-12-13(15(22-14(12)18)8-2-1-3-9-15)21-11-6-4-10(5-7-11)17(19)20/h4-7H,1-3,8-9H2. The number of carbonyl (C=O) groups is 1. The molecule has 0 atom stereocenters. The normalized spacial score (nSPS) is 20.1. The Morgan fingerprint density at radius 1 is 1.18 bits per heavy atom. The summed E-state index contributed by atoms with van der Waals surface area (Å²) in [5, 5.41) is 10.6. The van der Waals surface area contributed by atoms with Gasteiger partial charge in [0.05, 0.1) is 4.92 Å². The Morgan fingerprint density at radius 3 is 2.41 bits per heavy atom. The first kappa shape index (κ1) is 14.5. The molecule has 7 heteroatoms. The highest BCUT2D eigenvalue weighted by molar-refractivity contribution is 5.90. The van der Waals surface area contributed by atoms with Gasteiger partial charge in [0.15, 0.2) is 11.4 Å². The van der Waals surface area contributed by atoms with E-state index in [0.29, 0.717) is 12.8 Å². The van der Waals surface area contributed by atoms with Crippen molar-refractivity contribution in [3.63, 3.8) is 0 Å². The fourth-order valence-electron chi connectivity index (χ4n) is 2.90. The molecule has 1 aliphatic heterocycles. The minimum atomic E-state index is -1.03. The molecule has 0 N–H and O–H groups in total. The average Bonchev–Trinajstić information content (AvgIpc) is 2.73. The van der Waals surface area contributed by atoms with Crippen LogP contribution in [0.5, 0.6) is 5.75 Å². The first-order valence-corrected chi connectivity index (χ1v) is 7.08. The molecule has 1 heterocycles. The topological polar surface area (TPSA) is 78.7 Å². The van der Waals surface area contributed by atoms with Crippen molar-refractivity contribution >= 4 is 11.7 Å². The van der Waals surface area contributed by atoms with E-state index in [2.05, 4.69) is 0 Å². The van der Waals surface area contributed by atoms with Gasteiger partial charge in [-0.15, -0.1) is 0 Å². The van der Waals surface area contributed by atoms with Crippen LogP contribution in [0.15, 0.2) is 35.9 Å². The largest absolute Gasteiger partial charge is 0.454 e. The molecular formula is C15H14FNO5. The third-order valence-electron chi connectivity index (χ3n) is 4.01. The molecule has 1 saturated carbocycles. The van der Waals surface area contributed by atoms with Gasteiger partial charge in [-0.3, -0.25) is 10.1 Å². The van der Waals surface area contributed by atoms with Crippen LogP contribution < -0.4 is 4.74 Å². The van der Waals surface area contributed by atoms with E-state index in [1.165, 1.54) is 24.3 Å². The zero-order valence-electron chi connectivity index (χ0n) is 11.7. The molecule has 2 aliphatic rings. The van der Waals surface area contributed by atoms with Crippen molar-refractivity contribution in [2.24, 2.45) is 0 Å². The molecule has 6 nitrogen and oxygen atoms in total. The molecule has 1 spiro atoms. The SMILES string of the molecule is O=C1OC2(CCCCC2)C(Oc2ccc([N+](=O)[O-])cc2)=C1F. The second kappa shape index (κ2) is 5.40. The van der Waals surface area contributed by atoms with Gasteiger partial charge in [-0.05, 0) is 37.8 Å². The summed E-state index contributed by atoms with van der Waals surface area (Å²) in [6.45, 7) is 0. The fraction of sp³-hybridized carbons (Fsp3) is 0.400. The van der Waals surface area contributed by atoms with Crippen LogP contribution in [0.4, 0.5) is 10.1 Å². The number of benzene rings is 1. The molecule has 1 aliphatic carbocycles. The summed E-state index contributed by atoms with van der Waals surface area (Å²) in [4.78, 5) is 21.7. The molecule has 0 unspecified atom stereocenters. The van der Waals surface area contributed by atoms with Crippen molar-refractivity contribution < 1.29 is 23.6 Å². The van der Waals surface area contributed by atoms with Crippen molar-refractivity contribution in [2.45, 2.75) is 37.7 Å². The van der Waals surface area contributed by atoms with Crippen LogP contribution in [-0.2, 0) is 9.53 Å². The number of hydrogen-bond donors (Lipinski definition) is 0. The summed E-state index contributed by atoms with van der Waals surface area (Å²) in [5.74, 6) is -1.89. The second-order valence-corrected chi connectivity index (χ2v) is 5.44. The number of nitro groups is 1. The molecule has 0 radical (unpaired) electrons. The Balaban J connectivity index is 1.88. The van der Waals surface area contributed by atoms with E-state index in [1.54, 1.807) is 0 Å². The van der Waals surface area contributed by atoms with E-state index in [9.17, 15) is 19.3 Å². The van der Waals surface area contributed by atoms with Gasteiger partial charge >= 0.3 is 5.97 Å². The number of rotatable bonds is 3. The van der Waals surface area contributed by atoms with Gasteiger partial charge in [0, 0.05) is 12.1 Å². The minimum Gasteiger partial charge on any atom is -0.454 e. The summed E-state index contributed by atoms with van der Waals surface area (Å²) in [6, 6.07) is 5.27. The predicted octanol–water partition coefficient (Wildman–Crippen LogP) is 3.41. The van der Waals surface area contributed by atoms with Gasteiger partial charge in [0.1, 0.15) is 5.75 Å². The number of ether oxygens (including phenoxy) is 2. The maximum atomic E-state index is 14.1. The van der Waals surface area contributed by atoms with Gasteiger partial charge in [0.25, 0.3) is 5.69 Å². The van der Waals surface area contributed by atoms with E-state index in [0.717, 1.165) is 19.3 Å². The van der Waals surface area contributed by atoms with Crippen LogP contribution in [0.3, 0.4) is 0 Å². The molecule has 116 valence electrons. The van der Waals surface area contributed by atoms with Crippen LogP contribution in [0.2, 0.25) is 0 Å². The molecule has 1 aromatic carbocycles. The van der Waals surface area contributed by atoms with Crippen molar-refractivity contribution in [3.05, 3.63) is 46.0 Å². The third-order valence-corrected chi connectivity index (χ3v) is 4.01. The third kappa shape index (κ3) is 2.43. The van der Waals surface area contributed by atoms with Crippen molar-refractivity contribution in [2.75, 3.05) is 0 Å². The first-order valence-electron chi connectivity index (χ1n) is 7.08. The quantitative estimate of drug-likeness (QED) is 0.485. The molecule has 0 bridgehead atoms. The molecule has 1 fully saturated rings. The first-order chi connectivity index (χ1) is 10.5. The lowest BCUT2D eigenvalue weighted by Gasteiger charge is -2.33. The number of esters is 1. The lowest BCUT2D eigenvalue weighted by Crippen LogP contribution is -2.36. The fourth-order valence-corrected chi connectivity index (χ4v) is 2.90. The summed E-state index contributed by atoms with van der Waals surface area (Å²) in [5.41, 5.74) is -1.12. The van der Waals surface area contributed by atoms with Gasteiger partial charge in [-0.2, -0.15) is 4.39 Å². The van der Waals surface area contributed by atoms with Gasteiger partial charge in [-0.1, -0.05) is 6.42 Å². The van der Waals surface area contributed by atoms with E-state index < -0.39 is 22.3 Å². The minimum absolute atomic E-state index is 0.0899. The van der Waals surface area contributed by atoms with Crippen molar-refractivity contribution in [3.8, 4) is 5.75 Å². The Kier molecular flexibility index (Phi) is 3.56. The van der Waals surface area contributed by atoms with Gasteiger partial charge in [0.2, 0.25) is 5.83 Å². The molecule has 1 aromatic rings. The lowest BCUT2D eigenvalue weighted by molar-refractivity contribution is -0.384. The summed E-state index contributed by atoms with van der Waals surface area (Å²) < 4.78 is 24.8. The van der Waals surface area contributed by atoms with Crippen LogP contribution in [0.25, 0.3) is 0 Å². The molecule has 0 aromatic heterocycles. The average molecular weight is 307 g/mol. The molecule has 3 rings (SSSR count). The lowest BCUT2D eigenvalue weighted by atomic mass is 9.83. The molecule has 22 heavy (non-hydrogen) atoms. The zero-order chi connectivity index (χ0) is 15.7. The van der Waals surface area contributed by atoms with Crippen molar-refractivity contribution in [1.29, 1.82) is 0 Å². The second-order valence-electron chi connectivity index (χ2n) is 5.44. The van der Waals surface area contributed by atoms with E-state index in [-0.39, 0.29) is 17.2 Å².